The number of likely N-dealkylation sites (N-methyl/N-ethyl adjacent to an activating group) is 1. The van der Waals surface area contributed by atoms with Crippen LogP contribution < -0.4 is 15.4 Å². The van der Waals surface area contributed by atoms with Gasteiger partial charge in [-0.15, -0.1) is 0 Å². The number of hydrogen-bond acceptors (Lipinski definition) is 9. The smallest absolute Gasteiger partial charge is 0.410 e. The lowest BCUT2D eigenvalue weighted by Gasteiger charge is -2.42. The summed E-state index contributed by atoms with van der Waals surface area (Å²) in [5.41, 5.74) is 3.54. The molecule has 0 fully saturated rings. The second kappa shape index (κ2) is 16.5. The number of ether oxygens (including phenoxy) is 2. The Morgan fingerprint density at radius 3 is 2.35 bits per heavy atom. The number of aliphatic hydroxyl groups is 1. The third kappa shape index (κ3) is 9.73. The fourth-order valence-electron chi connectivity index (χ4n) is 6.73. The van der Waals surface area contributed by atoms with Crippen molar-refractivity contribution in [3.8, 4) is 5.75 Å². The van der Waals surface area contributed by atoms with Crippen molar-refractivity contribution < 1.29 is 33.8 Å². The van der Waals surface area contributed by atoms with Gasteiger partial charge in [-0.2, -0.15) is 0 Å². The number of rotatable bonds is 10. The summed E-state index contributed by atoms with van der Waals surface area (Å²) in [5, 5.41) is 15.5. The molecule has 1 aliphatic heterocycles. The maximum absolute atomic E-state index is 14.8. The highest BCUT2D eigenvalue weighted by Crippen LogP contribution is 2.33. The van der Waals surface area contributed by atoms with Crippen LogP contribution in [0.1, 0.15) is 101 Å². The zero-order valence-electron chi connectivity index (χ0n) is 32.6. The van der Waals surface area contributed by atoms with E-state index in [1.54, 1.807) is 38.8 Å². The standard InChI is InChI=1S/C41H54N6O7/c1-25(46(8)39(52)54-41(5,6)7)36(49)45-35(40(2,3)4)38(51)47-22-28-18-31(53-24-30-21-42-29(23-48)20-43-30)17-16-27(28)19-34(47)37(50)44-33-15-11-13-26-12-9-10-14-32(26)33/h9-10,12,14,16-18,20-21,25,33-35,48H,11,13,15,19,22-24H2,1-8H3,(H,44,50)(H,45,49)/t25-,33+,34-,35+/m0/s1. The van der Waals surface area contributed by atoms with Gasteiger partial charge in [0.25, 0.3) is 0 Å². The average molecular weight is 743 g/mol. The minimum atomic E-state index is -1.04. The minimum absolute atomic E-state index is 0.103. The number of benzene rings is 2. The minimum Gasteiger partial charge on any atom is -0.487 e. The number of aryl methyl sites for hydroxylation is 1. The number of fused-ring (bicyclic) bond motifs is 2. The van der Waals surface area contributed by atoms with Gasteiger partial charge in [0.15, 0.2) is 0 Å². The molecular weight excluding hydrogens is 688 g/mol. The third-order valence-electron chi connectivity index (χ3n) is 9.93. The van der Waals surface area contributed by atoms with Gasteiger partial charge in [0.2, 0.25) is 17.7 Å². The molecule has 0 radical (unpaired) electrons. The lowest BCUT2D eigenvalue weighted by molar-refractivity contribution is -0.147. The number of amides is 4. The summed E-state index contributed by atoms with van der Waals surface area (Å²) in [6.07, 6.45) is 5.31. The van der Waals surface area contributed by atoms with Gasteiger partial charge in [-0.3, -0.25) is 29.3 Å². The van der Waals surface area contributed by atoms with Crippen LogP contribution in [0.25, 0.3) is 0 Å². The number of carbonyl (C=O) groups excluding carboxylic acids is 4. The van der Waals surface area contributed by atoms with E-state index in [9.17, 15) is 24.3 Å². The average Bonchev–Trinajstić information content (AvgIpc) is 3.13. The van der Waals surface area contributed by atoms with Crippen molar-refractivity contribution >= 4 is 23.8 Å². The molecule has 2 aromatic carbocycles. The summed E-state index contributed by atoms with van der Waals surface area (Å²) in [4.78, 5) is 66.9. The molecule has 2 heterocycles. The van der Waals surface area contributed by atoms with Crippen LogP contribution in [0.2, 0.25) is 0 Å². The second-order valence-corrected chi connectivity index (χ2v) is 16.3. The van der Waals surface area contributed by atoms with E-state index in [-0.39, 0.29) is 38.1 Å². The van der Waals surface area contributed by atoms with Crippen molar-refractivity contribution in [3.05, 3.63) is 88.5 Å². The van der Waals surface area contributed by atoms with Gasteiger partial charge in [-0.25, -0.2) is 4.79 Å². The molecule has 13 heteroatoms. The zero-order valence-corrected chi connectivity index (χ0v) is 32.6. The Kier molecular flexibility index (Phi) is 12.3. The van der Waals surface area contributed by atoms with E-state index in [0.29, 0.717) is 17.1 Å². The molecule has 1 aliphatic carbocycles. The highest BCUT2D eigenvalue weighted by molar-refractivity contribution is 5.94. The topological polar surface area (TPSA) is 163 Å². The van der Waals surface area contributed by atoms with Crippen LogP contribution in [0, 0.1) is 5.41 Å². The van der Waals surface area contributed by atoms with Crippen molar-refractivity contribution in [1.82, 2.24) is 30.4 Å². The summed E-state index contributed by atoms with van der Waals surface area (Å²) in [6, 6.07) is 10.7. The number of nitrogens with zero attached hydrogens (tertiary/aromatic N) is 4. The summed E-state index contributed by atoms with van der Waals surface area (Å²) >= 11 is 0. The normalized spacial score (nSPS) is 18.0. The van der Waals surface area contributed by atoms with Gasteiger partial charge in [0, 0.05) is 20.0 Å². The number of aromatic nitrogens is 2. The predicted molar refractivity (Wildman–Crippen MR) is 202 cm³/mol. The molecule has 0 unspecified atom stereocenters. The van der Waals surface area contributed by atoms with Crippen molar-refractivity contribution in [2.45, 2.75) is 124 Å². The molecule has 4 amide bonds. The third-order valence-corrected chi connectivity index (χ3v) is 9.93. The SMILES string of the molecule is C[C@@H](C(=O)N[C@H](C(=O)N1Cc2cc(OCc3cnc(CO)cn3)ccc2C[C@H]1C(=O)N[C@@H]1CCCc2ccccc21)C(C)(C)C)N(C)C(=O)OC(C)(C)C. The summed E-state index contributed by atoms with van der Waals surface area (Å²) < 4.78 is 11.5. The fourth-order valence-corrected chi connectivity index (χ4v) is 6.73. The van der Waals surface area contributed by atoms with Crippen LogP contribution >= 0.6 is 0 Å². The molecule has 0 saturated heterocycles. The van der Waals surface area contributed by atoms with Crippen LogP contribution in [0.4, 0.5) is 4.79 Å². The quantitative estimate of drug-likeness (QED) is 0.265. The molecule has 1 aromatic heterocycles. The maximum atomic E-state index is 14.8. The van der Waals surface area contributed by atoms with E-state index < -0.39 is 47.0 Å². The Morgan fingerprint density at radius 1 is 0.981 bits per heavy atom. The molecule has 3 N–H and O–H groups in total. The number of carbonyl (C=O) groups is 4. The van der Waals surface area contributed by atoms with E-state index in [0.717, 1.165) is 36.0 Å². The maximum Gasteiger partial charge on any atom is 0.410 e. The fraction of sp³-hybridized carbons (Fsp3) is 0.512. The lowest BCUT2D eigenvalue weighted by atomic mass is 9.83. The number of nitrogens with one attached hydrogen (secondary N) is 2. The second-order valence-electron chi connectivity index (χ2n) is 16.3. The molecule has 2 aliphatic rings. The molecular formula is C41H54N6O7. The molecule has 4 atom stereocenters. The highest BCUT2D eigenvalue weighted by atomic mass is 16.6. The molecule has 54 heavy (non-hydrogen) atoms. The molecule has 290 valence electrons. The monoisotopic (exact) mass is 742 g/mol. The van der Waals surface area contributed by atoms with Gasteiger partial charge in [-0.1, -0.05) is 51.1 Å². The van der Waals surface area contributed by atoms with Gasteiger partial charge in [0.1, 0.15) is 36.1 Å². The first-order valence-corrected chi connectivity index (χ1v) is 18.5. The van der Waals surface area contributed by atoms with Gasteiger partial charge in [0.05, 0.1) is 36.4 Å². The first kappa shape index (κ1) is 40.2. The Labute approximate surface area is 317 Å². The summed E-state index contributed by atoms with van der Waals surface area (Å²) in [5.74, 6) is -0.656. The lowest BCUT2D eigenvalue weighted by Crippen LogP contribution is -2.62. The summed E-state index contributed by atoms with van der Waals surface area (Å²) in [6.45, 7) is 12.4. The van der Waals surface area contributed by atoms with Crippen LogP contribution in [-0.4, -0.2) is 79.5 Å². The molecule has 0 spiro atoms. The highest BCUT2D eigenvalue weighted by Gasteiger charge is 2.43. The Hall–Kier alpha value is -5.04. The van der Waals surface area contributed by atoms with Crippen molar-refractivity contribution in [3.63, 3.8) is 0 Å². The van der Waals surface area contributed by atoms with Crippen LogP contribution in [0.3, 0.4) is 0 Å². The largest absolute Gasteiger partial charge is 0.487 e. The molecule has 0 saturated carbocycles. The number of aliphatic hydroxyl groups excluding tert-OH is 1. The van der Waals surface area contributed by atoms with Gasteiger partial charge >= 0.3 is 6.09 Å². The van der Waals surface area contributed by atoms with Crippen molar-refractivity contribution in [1.29, 1.82) is 0 Å². The molecule has 13 nitrogen and oxygen atoms in total. The van der Waals surface area contributed by atoms with E-state index in [1.807, 2.05) is 57.2 Å². The molecule has 0 bridgehead atoms. The Morgan fingerprint density at radius 2 is 1.69 bits per heavy atom. The van der Waals surface area contributed by atoms with Crippen molar-refractivity contribution in [2.24, 2.45) is 5.41 Å². The predicted octanol–water partition coefficient (Wildman–Crippen LogP) is 4.78. The Bertz CT molecular complexity index is 1830. The van der Waals surface area contributed by atoms with E-state index >= 15 is 0 Å². The summed E-state index contributed by atoms with van der Waals surface area (Å²) in [7, 11) is 1.48. The first-order valence-electron chi connectivity index (χ1n) is 18.5. The van der Waals surface area contributed by atoms with Crippen LogP contribution in [-0.2, 0) is 51.7 Å². The van der Waals surface area contributed by atoms with Crippen LogP contribution in [0.15, 0.2) is 54.9 Å². The Balaban J connectivity index is 1.42. The van der Waals surface area contributed by atoms with Gasteiger partial charge in [-0.05, 0) is 86.8 Å². The van der Waals surface area contributed by atoms with E-state index in [2.05, 4.69) is 26.7 Å². The van der Waals surface area contributed by atoms with Crippen LogP contribution in [0.5, 0.6) is 5.75 Å². The number of hydrogen-bond donors (Lipinski definition) is 3. The molecule has 3 aromatic rings. The van der Waals surface area contributed by atoms with E-state index in [1.165, 1.54) is 23.7 Å². The van der Waals surface area contributed by atoms with Gasteiger partial charge < -0.3 is 30.1 Å². The zero-order chi connectivity index (χ0) is 39.4. The van der Waals surface area contributed by atoms with E-state index in [4.69, 9.17) is 9.47 Å². The van der Waals surface area contributed by atoms with Crippen molar-refractivity contribution in [2.75, 3.05) is 7.05 Å². The molecule has 5 rings (SSSR count). The first-order chi connectivity index (χ1) is 25.4.